The van der Waals surface area contributed by atoms with Crippen LogP contribution in [-0.2, 0) is 6.54 Å². The summed E-state index contributed by atoms with van der Waals surface area (Å²) in [7, 11) is 0. The van der Waals surface area contributed by atoms with Crippen LogP contribution in [0.5, 0.6) is 0 Å². The zero-order valence-electron chi connectivity index (χ0n) is 9.67. The van der Waals surface area contributed by atoms with Crippen LogP contribution in [0, 0.1) is 5.92 Å². The molecule has 0 aliphatic heterocycles. The van der Waals surface area contributed by atoms with E-state index in [2.05, 4.69) is 41.8 Å². The molecule has 0 bridgehead atoms. The number of thiophene rings is 1. The molecule has 1 aliphatic carbocycles. The molecule has 1 aliphatic rings. The fraction of sp³-hybridized carbons (Fsp3) is 0.267. The highest BCUT2D eigenvalue weighted by molar-refractivity contribution is 7.12. The molecule has 1 nitrogen and oxygen atoms in total. The topological polar surface area (TPSA) is 12.4 Å². The van der Waals surface area contributed by atoms with Crippen molar-refractivity contribution < 1.29 is 0 Å². The summed E-state index contributed by atoms with van der Waals surface area (Å²) in [6.07, 6.45) is 2.62. The van der Waals surface area contributed by atoms with Crippen LogP contribution < -0.4 is 0 Å². The second-order valence-electron chi connectivity index (χ2n) is 4.44. The van der Waals surface area contributed by atoms with Gasteiger partial charge in [0, 0.05) is 10.8 Å². The van der Waals surface area contributed by atoms with Crippen molar-refractivity contribution in [3.8, 4) is 0 Å². The van der Waals surface area contributed by atoms with E-state index in [1.807, 2.05) is 6.07 Å². The van der Waals surface area contributed by atoms with Crippen LogP contribution in [-0.4, -0.2) is 5.71 Å². The summed E-state index contributed by atoms with van der Waals surface area (Å²) in [4.78, 5) is 6.18. The highest BCUT2D eigenvalue weighted by atomic mass is 32.1. The molecule has 2 aromatic rings. The van der Waals surface area contributed by atoms with Crippen LogP contribution >= 0.6 is 11.3 Å². The molecule has 0 unspecified atom stereocenters. The Labute approximate surface area is 106 Å². The SMILES string of the molecule is c1ccc(CN=C(c2cccs2)C2CC2)cc1. The molecule has 0 atom stereocenters. The zero-order chi connectivity index (χ0) is 11.5. The van der Waals surface area contributed by atoms with Crippen molar-refractivity contribution in [2.24, 2.45) is 10.9 Å². The molecule has 86 valence electrons. The Morgan fingerprint density at radius 1 is 1.12 bits per heavy atom. The van der Waals surface area contributed by atoms with Crippen LogP contribution in [0.25, 0.3) is 0 Å². The van der Waals surface area contributed by atoms with Crippen molar-refractivity contribution in [3.05, 3.63) is 58.3 Å². The number of rotatable bonds is 4. The van der Waals surface area contributed by atoms with Gasteiger partial charge in [-0.15, -0.1) is 11.3 Å². The molecule has 17 heavy (non-hydrogen) atoms. The number of hydrogen-bond acceptors (Lipinski definition) is 2. The Bertz CT molecular complexity index is 495. The maximum Gasteiger partial charge on any atom is 0.0643 e. The highest BCUT2D eigenvalue weighted by Gasteiger charge is 2.28. The number of nitrogens with zero attached hydrogens (tertiary/aromatic N) is 1. The predicted octanol–water partition coefficient (Wildman–Crippen LogP) is 4.15. The molecule has 0 amide bonds. The molecular formula is C15H15NS. The van der Waals surface area contributed by atoms with Gasteiger partial charge in [-0.2, -0.15) is 0 Å². The lowest BCUT2D eigenvalue weighted by molar-refractivity contribution is 1.03. The first kappa shape index (κ1) is 10.7. The third-order valence-electron chi connectivity index (χ3n) is 3.01. The van der Waals surface area contributed by atoms with Gasteiger partial charge in [0.15, 0.2) is 0 Å². The van der Waals surface area contributed by atoms with E-state index < -0.39 is 0 Å². The smallest absolute Gasteiger partial charge is 0.0643 e. The second kappa shape index (κ2) is 4.84. The van der Waals surface area contributed by atoms with Gasteiger partial charge >= 0.3 is 0 Å². The van der Waals surface area contributed by atoms with E-state index in [0.29, 0.717) is 0 Å². The first-order valence-electron chi connectivity index (χ1n) is 6.05. The van der Waals surface area contributed by atoms with Crippen molar-refractivity contribution >= 4 is 17.0 Å². The monoisotopic (exact) mass is 241 g/mol. The molecule has 1 heterocycles. The predicted molar refractivity (Wildman–Crippen MR) is 73.7 cm³/mol. The lowest BCUT2D eigenvalue weighted by Crippen LogP contribution is -2.01. The summed E-state index contributed by atoms with van der Waals surface area (Å²) in [6, 6.07) is 14.8. The number of benzene rings is 1. The standard InChI is InChI=1S/C15H15NS/c1-2-5-12(6-3-1)11-16-15(13-8-9-13)14-7-4-10-17-14/h1-7,10,13H,8-9,11H2. The maximum absolute atomic E-state index is 4.83. The minimum Gasteiger partial charge on any atom is -0.283 e. The van der Waals surface area contributed by atoms with Gasteiger partial charge in [0.2, 0.25) is 0 Å². The number of hydrogen-bond donors (Lipinski definition) is 0. The van der Waals surface area contributed by atoms with Gasteiger partial charge in [0.25, 0.3) is 0 Å². The summed E-state index contributed by atoms with van der Waals surface area (Å²) in [5.41, 5.74) is 2.62. The molecule has 0 saturated heterocycles. The summed E-state index contributed by atoms with van der Waals surface area (Å²) < 4.78 is 0. The molecule has 1 aromatic carbocycles. The Hall–Kier alpha value is -1.41. The summed E-state index contributed by atoms with van der Waals surface area (Å²) in [5, 5.41) is 2.13. The van der Waals surface area contributed by atoms with E-state index in [-0.39, 0.29) is 0 Å². The van der Waals surface area contributed by atoms with E-state index in [9.17, 15) is 0 Å². The zero-order valence-corrected chi connectivity index (χ0v) is 10.5. The molecule has 0 radical (unpaired) electrons. The molecule has 1 aromatic heterocycles. The van der Waals surface area contributed by atoms with E-state index in [0.717, 1.165) is 12.5 Å². The minimum absolute atomic E-state index is 0.720. The third kappa shape index (κ3) is 2.64. The molecule has 0 spiro atoms. The molecule has 2 heteroatoms. The largest absolute Gasteiger partial charge is 0.283 e. The lowest BCUT2D eigenvalue weighted by atomic mass is 10.2. The van der Waals surface area contributed by atoms with Gasteiger partial charge in [-0.25, -0.2) is 0 Å². The van der Waals surface area contributed by atoms with Gasteiger partial charge < -0.3 is 0 Å². The average molecular weight is 241 g/mol. The Morgan fingerprint density at radius 2 is 1.94 bits per heavy atom. The van der Waals surface area contributed by atoms with Crippen molar-refractivity contribution in [2.45, 2.75) is 19.4 Å². The van der Waals surface area contributed by atoms with Crippen molar-refractivity contribution in [1.29, 1.82) is 0 Å². The first-order chi connectivity index (χ1) is 8.43. The fourth-order valence-electron chi connectivity index (χ4n) is 1.95. The molecule has 0 N–H and O–H groups in total. The number of aliphatic imine (C=N–C) groups is 1. The maximum atomic E-state index is 4.83. The van der Waals surface area contributed by atoms with Crippen LogP contribution in [0.3, 0.4) is 0 Å². The van der Waals surface area contributed by atoms with Gasteiger partial charge in [-0.05, 0) is 29.9 Å². The lowest BCUT2D eigenvalue weighted by Gasteiger charge is -2.02. The Kier molecular flexibility index (Phi) is 3.06. The van der Waals surface area contributed by atoms with Gasteiger partial charge in [-0.3, -0.25) is 4.99 Å². The molecule has 1 saturated carbocycles. The second-order valence-corrected chi connectivity index (χ2v) is 5.39. The van der Waals surface area contributed by atoms with E-state index >= 15 is 0 Å². The van der Waals surface area contributed by atoms with Crippen LogP contribution in [0.2, 0.25) is 0 Å². The fourth-order valence-corrected chi connectivity index (χ4v) is 2.76. The van der Waals surface area contributed by atoms with Crippen LogP contribution in [0.4, 0.5) is 0 Å². The van der Waals surface area contributed by atoms with Crippen molar-refractivity contribution in [1.82, 2.24) is 0 Å². The third-order valence-corrected chi connectivity index (χ3v) is 3.90. The van der Waals surface area contributed by atoms with Crippen LogP contribution in [0.1, 0.15) is 23.3 Å². The molecule has 3 rings (SSSR count). The van der Waals surface area contributed by atoms with Crippen LogP contribution in [0.15, 0.2) is 52.8 Å². The molecule has 1 fully saturated rings. The average Bonchev–Trinajstić information content (AvgIpc) is 3.06. The van der Waals surface area contributed by atoms with Gasteiger partial charge in [-0.1, -0.05) is 36.4 Å². The summed E-state index contributed by atoms with van der Waals surface area (Å²) in [6.45, 7) is 0.810. The summed E-state index contributed by atoms with van der Waals surface area (Å²) in [5.74, 6) is 0.720. The Balaban J connectivity index is 1.80. The van der Waals surface area contributed by atoms with Gasteiger partial charge in [0.1, 0.15) is 0 Å². The van der Waals surface area contributed by atoms with E-state index in [1.165, 1.54) is 29.0 Å². The Morgan fingerprint density at radius 3 is 2.59 bits per heavy atom. The quantitative estimate of drug-likeness (QED) is 0.713. The van der Waals surface area contributed by atoms with Crippen molar-refractivity contribution in [3.63, 3.8) is 0 Å². The van der Waals surface area contributed by atoms with Gasteiger partial charge in [0.05, 0.1) is 12.3 Å². The molecular weight excluding hydrogens is 226 g/mol. The van der Waals surface area contributed by atoms with E-state index in [4.69, 9.17) is 4.99 Å². The van der Waals surface area contributed by atoms with E-state index in [1.54, 1.807) is 11.3 Å². The first-order valence-corrected chi connectivity index (χ1v) is 6.93. The highest BCUT2D eigenvalue weighted by Crippen LogP contribution is 2.34. The minimum atomic E-state index is 0.720. The van der Waals surface area contributed by atoms with Crippen molar-refractivity contribution in [2.75, 3.05) is 0 Å². The normalized spacial score (nSPS) is 16.1. The summed E-state index contributed by atoms with van der Waals surface area (Å²) >= 11 is 1.80.